The maximum absolute atomic E-state index is 8.85. The smallest absolute Gasteiger partial charge is 0.150 e. The summed E-state index contributed by atoms with van der Waals surface area (Å²) in [7, 11) is 1.93. The maximum atomic E-state index is 8.85. The van der Waals surface area contributed by atoms with Gasteiger partial charge in [-0.1, -0.05) is 5.16 Å². The first-order valence-corrected chi connectivity index (χ1v) is 3.94. The van der Waals surface area contributed by atoms with E-state index in [4.69, 9.17) is 9.63 Å². The van der Waals surface area contributed by atoms with Crippen molar-refractivity contribution in [2.75, 3.05) is 13.7 Å². The third-order valence-electron chi connectivity index (χ3n) is 1.91. The third kappa shape index (κ3) is 2.32. The number of rotatable bonds is 4. The average Bonchev–Trinajstić information content (AvgIpc) is 2.55. The molecule has 0 saturated carbocycles. The summed E-state index contributed by atoms with van der Waals surface area (Å²) in [6, 6.07) is 1.97. The number of hydrogen-bond donors (Lipinski definition) is 1. The van der Waals surface area contributed by atoms with Gasteiger partial charge < -0.3 is 9.63 Å². The normalized spacial score (nSPS) is 13.7. The van der Waals surface area contributed by atoms with Gasteiger partial charge in [0, 0.05) is 12.1 Å². The Balaban J connectivity index is 2.41. The van der Waals surface area contributed by atoms with E-state index in [1.54, 1.807) is 6.20 Å². The Kier molecular flexibility index (Phi) is 3.25. The standard InChI is InChI=1S/C8H14N2O2/c1-7(6-11)10(2)5-8-3-4-9-12-8/h3-4,7,11H,5-6H2,1-2H3. The molecule has 1 rings (SSSR count). The van der Waals surface area contributed by atoms with Crippen LogP contribution in [-0.4, -0.2) is 34.9 Å². The van der Waals surface area contributed by atoms with Crippen molar-refractivity contribution in [1.82, 2.24) is 10.1 Å². The number of likely N-dealkylation sites (N-methyl/N-ethyl adjacent to an activating group) is 1. The summed E-state index contributed by atoms with van der Waals surface area (Å²) < 4.78 is 4.93. The monoisotopic (exact) mass is 170 g/mol. The zero-order chi connectivity index (χ0) is 8.97. The van der Waals surface area contributed by atoms with Gasteiger partial charge in [0.15, 0.2) is 5.76 Å². The van der Waals surface area contributed by atoms with E-state index in [1.165, 1.54) is 0 Å². The Morgan fingerprint density at radius 1 is 1.75 bits per heavy atom. The van der Waals surface area contributed by atoms with Gasteiger partial charge in [0.1, 0.15) is 0 Å². The summed E-state index contributed by atoms with van der Waals surface area (Å²) in [4.78, 5) is 2.00. The number of nitrogens with zero attached hydrogens (tertiary/aromatic N) is 2. The predicted molar refractivity (Wildman–Crippen MR) is 44.5 cm³/mol. The van der Waals surface area contributed by atoms with Crippen LogP contribution >= 0.6 is 0 Å². The van der Waals surface area contributed by atoms with Gasteiger partial charge >= 0.3 is 0 Å². The molecule has 0 aliphatic carbocycles. The molecule has 12 heavy (non-hydrogen) atoms. The molecule has 0 radical (unpaired) electrons. The minimum atomic E-state index is 0.148. The summed E-state index contributed by atoms with van der Waals surface area (Å²) in [6.07, 6.45) is 1.62. The highest BCUT2D eigenvalue weighted by atomic mass is 16.5. The van der Waals surface area contributed by atoms with Gasteiger partial charge in [-0.2, -0.15) is 0 Å². The lowest BCUT2D eigenvalue weighted by molar-refractivity contribution is 0.143. The van der Waals surface area contributed by atoms with Crippen molar-refractivity contribution in [3.8, 4) is 0 Å². The van der Waals surface area contributed by atoms with Crippen molar-refractivity contribution in [2.24, 2.45) is 0 Å². The van der Waals surface area contributed by atoms with Crippen molar-refractivity contribution >= 4 is 0 Å². The molecule has 1 heterocycles. The Morgan fingerprint density at radius 2 is 2.50 bits per heavy atom. The first kappa shape index (κ1) is 9.22. The van der Waals surface area contributed by atoms with Crippen molar-refractivity contribution in [3.63, 3.8) is 0 Å². The molecular formula is C8H14N2O2. The summed E-state index contributed by atoms with van der Waals surface area (Å²) in [6.45, 7) is 2.79. The lowest BCUT2D eigenvalue weighted by atomic mass is 10.3. The van der Waals surface area contributed by atoms with Gasteiger partial charge in [-0.15, -0.1) is 0 Å². The highest BCUT2D eigenvalue weighted by Gasteiger charge is 2.09. The van der Waals surface area contributed by atoms with Gasteiger partial charge in [0.2, 0.25) is 0 Å². The lowest BCUT2D eigenvalue weighted by Crippen LogP contribution is -2.31. The van der Waals surface area contributed by atoms with Crippen LogP contribution in [0.1, 0.15) is 12.7 Å². The zero-order valence-corrected chi connectivity index (χ0v) is 7.40. The SMILES string of the molecule is CC(CO)N(C)Cc1ccno1. The Morgan fingerprint density at radius 3 is 3.00 bits per heavy atom. The van der Waals surface area contributed by atoms with Crippen LogP contribution in [-0.2, 0) is 6.54 Å². The fraction of sp³-hybridized carbons (Fsp3) is 0.625. The van der Waals surface area contributed by atoms with E-state index in [0.717, 1.165) is 5.76 Å². The van der Waals surface area contributed by atoms with Crippen molar-refractivity contribution < 1.29 is 9.63 Å². The van der Waals surface area contributed by atoms with Crippen LogP contribution in [0.4, 0.5) is 0 Å². The van der Waals surface area contributed by atoms with Crippen LogP contribution in [0.3, 0.4) is 0 Å². The van der Waals surface area contributed by atoms with Crippen LogP contribution in [0.25, 0.3) is 0 Å². The van der Waals surface area contributed by atoms with E-state index >= 15 is 0 Å². The molecule has 1 aromatic rings. The van der Waals surface area contributed by atoms with Crippen molar-refractivity contribution in [1.29, 1.82) is 0 Å². The van der Waals surface area contributed by atoms with Gasteiger partial charge in [-0.05, 0) is 14.0 Å². The molecule has 1 N–H and O–H groups in total. The number of aliphatic hydroxyl groups is 1. The fourth-order valence-corrected chi connectivity index (χ4v) is 0.865. The number of aliphatic hydroxyl groups excluding tert-OH is 1. The molecule has 1 aromatic heterocycles. The van der Waals surface area contributed by atoms with E-state index in [2.05, 4.69) is 5.16 Å². The molecule has 0 bridgehead atoms. The number of hydrogen-bond acceptors (Lipinski definition) is 4. The van der Waals surface area contributed by atoms with E-state index in [0.29, 0.717) is 6.54 Å². The summed E-state index contributed by atoms with van der Waals surface area (Å²) >= 11 is 0. The molecule has 68 valence electrons. The Hall–Kier alpha value is -0.870. The molecule has 4 heteroatoms. The predicted octanol–water partition coefficient (Wildman–Crippen LogP) is 0.487. The maximum Gasteiger partial charge on any atom is 0.150 e. The molecule has 0 aromatic carbocycles. The molecule has 0 aliphatic rings. The highest BCUT2D eigenvalue weighted by molar-refractivity contribution is 4.92. The Bertz CT molecular complexity index is 211. The van der Waals surface area contributed by atoms with Gasteiger partial charge in [0.05, 0.1) is 19.3 Å². The largest absolute Gasteiger partial charge is 0.395 e. The highest BCUT2D eigenvalue weighted by Crippen LogP contribution is 2.04. The number of aromatic nitrogens is 1. The molecule has 0 amide bonds. The second kappa shape index (κ2) is 4.23. The van der Waals surface area contributed by atoms with Gasteiger partial charge in [-0.25, -0.2) is 0 Å². The van der Waals surface area contributed by atoms with Crippen molar-refractivity contribution in [3.05, 3.63) is 18.0 Å². The van der Waals surface area contributed by atoms with Crippen LogP contribution in [0.15, 0.2) is 16.8 Å². The minimum absolute atomic E-state index is 0.148. The fourth-order valence-electron chi connectivity index (χ4n) is 0.865. The van der Waals surface area contributed by atoms with E-state index in [1.807, 2.05) is 24.9 Å². The van der Waals surface area contributed by atoms with Gasteiger partial charge in [-0.3, -0.25) is 4.90 Å². The molecule has 4 nitrogen and oxygen atoms in total. The van der Waals surface area contributed by atoms with Gasteiger partial charge in [0.25, 0.3) is 0 Å². The zero-order valence-electron chi connectivity index (χ0n) is 7.40. The first-order chi connectivity index (χ1) is 5.74. The van der Waals surface area contributed by atoms with Crippen molar-refractivity contribution in [2.45, 2.75) is 19.5 Å². The first-order valence-electron chi connectivity index (χ1n) is 3.94. The topological polar surface area (TPSA) is 49.5 Å². The second-order valence-electron chi connectivity index (χ2n) is 2.93. The third-order valence-corrected chi connectivity index (χ3v) is 1.91. The molecule has 0 aliphatic heterocycles. The molecule has 0 fully saturated rings. The quantitative estimate of drug-likeness (QED) is 0.714. The molecular weight excluding hydrogens is 156 g/mol. The lowest BCUT2D eigenvalue weighted by Gasteiger charge is -2.20. The molecule has 0 saturated heterocycles. The molecule has 1 atom stereocenters. The van der Waals surface area contributed by atoms with E-state index < -0.39 is 0 Å². The summed E-state index contributed by atoms with van der Waals surface area (Å²) in [5.74, 6) is 0.817. The van der Waals surface area contributed by atoms with E-state index in [9.17, 15) is 0 Å². The van der Waals surface area contributed by atoms with Crippen LogP contribution < -0.4 is 0 Å². The molecule has 1 unspecified atom stereocenters. The Labute approximate surface area is 71.8 Å². The van der Waals surface area contributed by atoms with Crippen LogP contribution in [0.5, 0.6) is 0 Å². The van der Waals surface area contributed by atoms with E-state index in [-0.39, 0.29) is 12.6 Å². The van der Waals surface area contributed by atoms with Crippen LogP contribution in [0.2, 0.25) is 0 Å². The second-order valence-corrected chi connectivity index (χ2v) is 2.93. The van der Waals surface area contributed by atoms with Crippen LogP contribution in [0, 0.1) is 0 Å². The summed E-state index contributed by atoms with van der Waals surface area (Å²) in [5.41, 5.74) is 0. The minimum Gasteiger partial charge on any atom is -0.395 e. The summed E-state index contributed by atoms with van der Waals surface area (Å²) in [5, 5.41) is 12.4. The average molecular weight is 170 g/mol. The molecule has 0 spiro atoms.